The third kappa shape index (κ3) is 1.96. The predicted octanol–water partition coefficient (Wildman–Crippen LogP) is 2.20. The number of imidazole rings is 1. The highest BCUT2D eigenvalue weighted by Gasteiger charge is 2.23. The maximum atomic E-state index is 12.1. The molecule has 3 rings (SSSR count). The standard InChI is InChI=1S/C14H19N3O/c1-14(2,3)11-8-12(18)17-7-6-16(13(17)15-11)9-10-4-5-10/h6-8,10H,4-5,9H2,1-3H3. The lowest BCUT2D eigenvalue weighted by Crippen LogP contribution is -2.22. The highest BCUT2D eigenvalue weighted by molar-refractivity contribution is 5.33. The van der Waals surface area contributed by atoms with Crippen LogP contribution in [0.25, 0.3) is 5.78 Å². The second-order valence-corrected chi connectivity index (χ2v) is 6.29. The quantitative estimate of drug-likeness (QED) is 0.813. The van der Waals surface area contributed by atoms with E-state index in [1.807, 2.05) is 12.4 Å². The van der Waals surface area contributed by atoms with Crippen LogP contribution < -0.4 is 5.56 Å². The van der Waals surface area contributed by atoms with Crippen LogP contribution in [0.3, 0.4) is 0 Å². The number of rotatable bonds is 2. The van der Waals surface area contributed by atoms with Crippen LogP contribution >= 0.6 is 0 Å². The SMILES string of the molecule is CC(C)(C)c1cc(=O)n2ccn(CC3CC3)c2n1. The smallest absolute Gasteiger partial charge is 0.259 e. The molecule has 1 saturated carbocycles. The lowest BCUT2D eigenvalue weighted by atomic mass is 9.92. The molecule has 0 saturated heterocycles. The van der Waals surface area contributed by atoms with Crippen LogP contribution in [-0.4, -0.2) is 14.0 Å². The molecule has 0 radical (unpaired) electrons. The van der Waals surface area contributed by atoms with Gasteiger partial charge in [-0.25, -0.2) is 4.98 Å². The van der Waals surface area contributed by atoms with Gasteiger partial charge in [-0.3, -0.25) is 9.20 Å². The maximum absolute atomic E-state index is 12.1. The summed E-state index contributed by atoms with van der Waals surface area (Å²) in [6.07, 6.45) is 6.38. The van der Waals surface area contributed by atoms with Gasteiger partial charge in [0.15, 0.2) is 0 Å². The number of hydrogen-bond donors (Lipinski definition) is 0. The van der Waals surface area contributed by atoms with Crippen molar-refractivity contribution in [3.05, 3.63) is 34.5 Å². The van der Waals surface area contributed by atoms with E-state index >= 15 is 0 Å². The highest BCUT2D eigenvalue weighted by Crippen LogP contribution is 2.31. The molecule has 4 heteroatoms. The van der Waals surface area contributed by atoms with E-state index in [4.69, 9.17) is 0 Å². The van der Waals surface area contributed by atoms with E-state index < -0.39 is 0 Å². The van der Waals surface area contributed by atoms with Crippen molar-refractivity contribution >= 4 is 5.78 Å². The lowest BCUT2D eigenvalue weighted by Gasteiger charge is -2.17. The molecule has 4 nitrogen and oxygen atoms in total. The van der Waals surface area contributed by atoms with Crippen molar-refractivity contribution in [3.63, 3.8) is 0 Å². The highest BCUT2D eigenvalue weighted by atomic mass is 16.1. The molecule has 0 aromatic carbocycles. The first-order chi connectivity index (χ1) is 8.45. The van der Waals surface area contributed by atoms with Crippen molar-refractivity contribution < 1.29 is 0 Å². The Kier molecular flexibility index (Phi) is 2.37. The summed E-state index contributed by atoms with van der Waals surface area (Å²) in [6, 6.07) is 1.65. The Morgan fingerprint density at radius 2 is 2.06 bits per heavy atom. The van der Waals surface area contributed by atoms with Gasteiger partial charge in [-0.15, -0.1) is 0 Å². The molecule has 0 amide bonds. The molecule has 0 aliphatic heterocycles. The molecule has 2 heterocycles. The van der Waals surface area contributed by atoms with Crippen LogP contribution in [0, 0.1) is 5.92 Å². The number of aromatic nitrogens is 3. The average molecular weight is 245 g/mol. The molecule has 0 spiro atoms. The summed E-state index contributed by atoms with van der Waals surface area (Å²) in [5.41, 5.74) is 0.783. The molecule has 0 unspecified atom stereocenters. The van der Waals surface area contributed by atoms with Crippen molar-refractivity contribution in [1.29, 1.82) is 0 Å². The van der Waals surface area contributed by atoms with Crippen molar-refractivity contribution in [1.82, 2.24) is 14.0 Å². The van der Waals surface area contributed by atoms with E-state index in [1.165, 1.54) is 12.8 Å². The van der Waals surface area contributed by atoms with Gasteiger partial charge in [-0.1, -0.05) is 20.8 Å². The van der Waals surface area contributed by atoms with E-state index in [0.29, 0.717) is 0 Å². The van der Waals surface area contributed by atoms with Crippen molar-refractivity contribution in [2.24, 2.45) is 5.92 Å². The Balaban J connectivity index is 2.16. The van der Waals surface area contributed by atoms with Crippen LogP contribution in [-0.2, 0) is 12.0 Å². The van der Waals surface area contributed by atoms with Gasteiger partial charge in [0.1, 0.15) is 0 Å². The summed E-state index contributed by atoms with van der Waals surface area (Å²) in [4.78, 5) is 16.7. The van der Waals surface area contributed by atoms with E-state index in [1.54, 1.807) is 10.5 Å². The van der Waals surface area contributed by atoms with Gasteiger partial charge < -0.3 is 4.57 Å². The van der Waals surface area contributed by atoms with Gasteiger partial charge in [0, 0.05) is 30.4 Å². The van der Waals surface area contributed by atoms with Crippen molar-refractivity contribution in [2.75, 3.05) is 0 Å². The van der Waals surface area contributed by atoms with Crippen molar-refractivity contribution in [2.45, 2.75) is 45.6 Å². The minimum atomic E-state index is -0.0947. The Morgan fingerprint density at radius 1 is 1.33 bits per heavy atom. The minimum Gasteiger partial charge on any atom is -0.316 e. The fraction of sp³-hybridized carbons (Fsp3) is 0.571. The molecule has 0 bridgehead atoms. The predicted molar refractivity (Wildman–Crippen MR) is 70.9 cm³/mol. The summed E-state index contributed by atoms with van der Waals surface area (Å²) in [6.45, 7) is 7.23. The van der Waals surface area contributed by atoms with Crippen LogP contribution in [0.15, 0.2) is 23.3 Å². The summed E-state index contributed by atoms with van der Waals surface area (Å²) in [5, 5.41) is 0. The molecule has 1 fully saturated rings. The van der Waals surface area contributed by atoms with Gasteiger partial charge in [-0.05, 0) is 18.8 Å². The molecule has 1 aliphatic rings. The summed E-state index contributed by atoms with van der Waals surface area (Å²) >= 11 is 0. The average Bonchev–Trinajstić information content (AvgIpc) is 2.98. The van der Waals surface area contributed by atoms with Gasteiger partial charge >= 0.3 is 0 Å². The largest absolute Gasteiger partial charge is 0.316 e. The van der Waals surface area contributed by atoms with Gasteiger partial charge in [0.05, 0.1) is 5.69 Å². The van der Waals surface area contributed by atoms with E-state index in [9.17, 15) is 4.79 Å². The van der Waals surface area contributed by atoms with Crippen LogP contribution in [0.2, 0.25) is 0 Å². The summed E-state index contributed by atoms with van der Waals surface area (Å²) < 4.78 is 3.74. The fourth-order valence-corrected chi connectivity index (χ4v) is 2.14. The monoisotopic (exact) mass is 245 g/mol. The van der Waals surface area contributed by atoms with Gasteiger partial charge in [-0.2, -0.15) is 0 Å². The molecular formula is C14H19N3O. The zero-order valence-electron chi connectivity index (χ0n) is 11.2. The Bertz CT molecular complexity index is 641. The molecule has 18 heavy (non-hydrogen) atoms. The molecule has 2 aromatic heterocycles. The topological polar surface area (TPSA) is 39.3 Å². The zero-order valence-corrected chi connectivity index (χ0v) is 11.2. The third-order valence-electron chi connectivity index (χ3n) is 3.51. The van der Waals surface area contributed by atoms with Crippen LogP contribution in [0.1, 0.15) is 39.3 Å². The van der Waals surface area contributed by atoms with Gasteiger partial charge in [0.2, 0.25) is 5.78 Å². The first-order valence-electron chi connectivity index (χ1n) is 6.54. The lowest BCUT2D eigenvalue weighted by molar-refractivity contribution is 0.562. The number of hydrogen-bond acceptors (Lipinski definition) is 2. The number of nitrogens with zero attached hydrogens (tertiary/aromatic N) is 3. The second kappa shape index (κ2) is 3.70. The molecule has 0 N–H and O–H groups in total. The summed E-state index contributed by atoms with van der Waals surface area (Å²) in [5.74, 6) is 1.55. The molecule has 0 atom stereocenters. The molecule has 2 aromatic rings. The Morgan fingerprint density at radius 3 is 2.67 bits per heavy atom. The Labute approximate surface area is 106 Å². The van der Waals surface area contributed by atoms with Gasteiger partial charge in [0.25, 0.3) is 5.56 Å². The molecular weight excluding hydrogens is 226 g/mol. The first-order valence-corrected chi connectivity index (χ1v) is 6.54. The minimum absolute atomic E-state index is 0.0134. The van der Waals surface area contributed by atoms with Crippen molar-refractivity contribution in [3.8, 4) is 0 Å². The second-order valence-electron chi connectivity index (χ2n) is 6.29. The van der Waals surface area contributed by atoms with E-state index in [-0.39, 0.29) is 11.0 Å². The third-order valence-corrected chi connectivity index (χ3v) is 3.51. The maximum Gasteiger partial charge on any atom is 0.259 e. The first kappa shape index (κ1) is 11.5. The van der Waals surface area contributed by atoms with Crippen LogP contribution in [0.5, 0.6) is 0 Å². The molecule has 96 valence electrons. The summed E-state index contributed by atoms with van der Waals surface area (Å²) in [7, 11) is 0. The van der Waals surface area contributed by atoms with E-state index in [2.05, 4.69) is 30.3 Å². The molecule has 1 aliphatic carbocycles. The zero-order chi connectivity index (χ0) is 12.9. The van der Waals surface area contributed by atoms with Crippen LogP contribution in [0.4, 0.5) is 0 Å². The Hall–Kier alpha value is -1.58. The van der Waals surface area contributed by atoms with E-state index in [0.717, 1.165) is 23.9 Å². The number of fused-ring (bicyclic) bond motifs is 1. The fourth-order valence-electron chi connectivity index (χ4n) is 2.14. The normalized spacial score (nSPS) is 16.4.